The van der Waals surface area contributed by atoms with Gasteiger partial charge in [0.1, 0.15) is 22.7 Å². The maximum atomic E-state index is 11.5. The van der Waals surface area contributed by atoms with E-state index in [1.807, 2.05) is 24.3 Å². The Morgan fingerprint density at radius 3 is 0.574 bits per heavy atom. The quantitative estimate of drug-likeness (QED) is 0.0559. The molecule has 0 saturated carbocycles. The molecule has 16 heteroatoms. The molecule has 0 aliphatic rings. The van der Waals surface area contributed by atoms with Crippen molar-refractivity contribution in [2.45, 2.75) is 11.8 Å². The minimum Gasteiger partial charge on any atom is -0.504 e. The fraction of sp³-hybridized carbons (Fsp3) is 0.368. The van der Waals surface area contributed by atoms with Crippen LogP contribution in [0.15, 0.2) is 24.3 Å². The predicted octanol–water partition coefficient (Wildman–Crippen LogP) is 5.97. The van der Waals surface area contributed by atoms with Gasteiger partial charge in [-0.15, -0.1) is 0 Å². The number of nitrogens with one attached hydrogen (secondary N) is 12. The molecule has 0 aliphatic heterocycles. The van der Waals surface area contributed by atoms with Gasteiger partial charge in [0, 0.05) is 96.4 Å². The minimum absolute atomic E-state index is 0.0285. The monoisotopic (exact) mass is 746 g/mol. The smallest absolute Gasteiger partial charge is 0.164 e. The van der Waals surface area contributed by atoms with Crippen molar-refractivity contribution in [2.75, 3.05) is 148 Å². The number of aromatic hydroxyl groups is 4. The largest absolute Gasteiger partial charge is 0.504 e. The van der Waals surface area contributed by atoms with E-state index in [1.165, 1.54) is 0 Å². The third kappa shape index (κ3) is 6.58. The molecule has 294 valence electrons. The molecule has 0 fully saturated rings. The average Bonchev–Trinajstić information content (AvgIpc) is 3.19. The summed E-state index contributed by atoms with van der Waals surface area (Å²) in [4.78, 5) is 0. The van der Waals surface area contributed by atoms with Crippen LogP contribution in [-0.2, 0) is 0 Å². The highest BCUT2D eigenvalue weighted by molar-refractivity contribution is 5.93. The second kappa shape index (κ2) is 17.0. The Bertz CT molecular complexity index is 1710. The summed E-state index contributed by atoms with van der Waals surface area (Å²) in [6.45, 7) is 0. The number of hydrogen-bond acceptors (Lipinski definition) is 16. The highest BCUT2D eigenvalue weighted by Crippen LogP contribution is 2.59. The van der Waals surface area contributed by atoms with Crippen LogP contribution in [0.25, 0.3) is 0 Å². The molecule has 0 aliphatic carbocycles. The number of benzene rings is 4. The van der Waals surface area contributed by atoms with E-state index in [0.29, 0.717) is 68.2 Å². The minimum atomic E-state index is -0.661. The molecule has 0 heterocycles. The maximum Gasteiger partial charge on any atom is 0.164 e. The van der Waals surface area contributed by atoms with Crippen LogP contribution in [0.3, 0.4) is 0 Å². The molecule has 4 aromatic carbocycles. The fourth-order valence-corrected chi connectivity index (χ4v) is 7.62. The second-order valence-corrected chi connectivity index (χ2v) is 12.4. The predicted molar refractivity (Wildman–Crippen MR) is 231 cm³/mol. The normalized spacial score (nSPS) is 10.9. The van der Waals surface area contributed by atoms with Gasteiger partial charge in [0.15, 0.2) is 23.0 Å². The van der Waals surface area contributed by atoms with E-state index in [9.17, 15) is 20.4 Å². The van der Waals surface area contributed by atoms with Crippen LogP contribution < -0.4 is 63.8 Å². The van der Waals surface area contributed by atoms with E-state index in [2.05, 4.69) is 63.8 Å². The zero-order chi connectivity index (χ0) is 40.0. The molecule has 16 N–H and O–H groups in total. The Hall–Kier alpha value is -6.32. The zero-order valence-electron chi connectivity index (χ0n) is 33.3. The van der Waals surface area contributed by atoms with Crippen LogP contribution in [-0.4, -0.2) is 105 Å². The highest BCUT2D eigenvalue weighted by atomic mass is 16.3. The van der Waals surface area contributed by atoms with Crippen molar-refractivity contribution in [1.29, 1.82) is 0 Å². The van der Waals surface area contributed by atoms with E-state index in [-0.39, 0.29) is 23.0 Å². The van der Waals surface area contributed by atoms with E-state index < -0.39 is 11.8 Å². The van der Waals surface area contributed by atoms with Gasteiger partial charge in [-0.05, 0) is 46.5 Å². The summed E-state index contributed by atoms with van der Waals surface area (Å²) < 4.78 is 0. The van der Waals surface area contributed by atoms with Crippen molar-refractivity contribution in [2.24, 2.45) is 0 Å². The van der Waals surface area contributed by atoms with E-state index in [0.717, 1.165) is 22.3 Å². The number of phenolic OH excluding ortho intramolecular Hbond substituents is 4. The van der Waals surface area contributed by atoms with E-state index in [4.69, 9.17) is 0 Å². The molecule has 54 heavy (non-hydrogen) atoms. The van der Waals surface area contributed by atoms with Crippen LogP contribution in [0.4, 0.5) is 68.2 Å². The van der Waals surface area contributed by atoms with Gasteiger partial charge >= 0.3 is 0 Å². The number of phenols is 4. The van der Waals surface area contributed by atoms with Gasteiger partial charge in [0.05, 0.1) is 45.5 Å². The molecule has 0 spiro atoms. The molecule has 4 rings (SSSR count). The van der Waals surface area contributed by atoms with Gasteiger partial charge in [-0.3, -0.25) is 0 Å². The number of anilines is 12. The van der Waals surface area contributed by atoms with Crippen LogP contribution in [0.5, 0.6) is 23.0 Å². The second-order valence-electron chi connectivity index (χ2n) is 12.4. The molecule has 0 aromatic heterocycles. The third-order valence-electron chi connectivity index (χ3n) is 10.1. The topological polar surface area (TPSA) is 225 Å². The van der Waals surface area contributed by atoms with Crippen LogP contribution in [0.2, 0.25) is 0 Å². The van der Waals surface area contributed by atoms with Crippen molar-refractivity contribution < 1.29 is 20.4 Å². The van der Waals surface area contributed by atoms with E-state index >= 15 is 0 Å². The van der Waals surface area contributed by atoms with Gasteiger partial charge in [0.2, 0.25) is 0 Å². The average molecular weight is 747 g/mol. The first kappa shape index (κ1) is 40.5. The Labute approximate surface area is 317 Å². The summed E-state index contributed by atoms with van der Waals surface area (Å²) in [5.41, 5.74) is 9.30. The fourth-order valence-electron chi connectivity index (χ4n) is 7.62. The van der Waals surface area contributed by atoms with Crippen molar-refractivity contribution in [3.63, 3.8) is 0 Å². The summed E-state index contributed by atoms with van der Waals surface area (Å²) in [5, 5.41) is 85.1. The van der Waals surface area contributed by atoms with Crippen molar-refractivity contribution in [3.8, 4) is 23.0 Å². The molecule has 0 amide bonds. The molecule has 4 aromatic rings. The lowest BCUT2D eigenvalue weighted by atomic mass is 9.70. The van der Waals surface area contributed by atoms with Crippen LogP contribution in [0.1, 0.15) is 34.1 Å². The van der Waals surface area contributed by atoms with Gasteiger partial charge in [-0.2, -0.15) is 0 Å². The lowest BCUT2D eigenvalue weighted by Crippen LogP contribution is -2.22. The Balaban J connectivity index is 2.50. The standard InChI is InChI=1S/C38H58N12O4/c1-39-21-13-17(27(43-5)31(47-9)35(21)51)25(18-14-22(40-2)36(52)32(48-10)28(18)44-6)26(19-15-23(41-3)37(53)33(49-11)29(19)45-7)20-16-24(42-4)38(54)34(50-12)30(20)46-8/h13-16,25-26,39-54H,1-12H3. The molecular weight excluding hydrogens is 688 g/mol. The molecular formula is C38H58N12O4. The summed E-state index contributed by atoms with van der Waals surface area (Å²) in [6, 6.07) is 7.66. The molecule has 0 radical (unpaired) electrons. The van der Waals surface area contributed by atoms with Gasteiger partial charge in [-0.25, -0.2) is 0 Å². The third-order valence-corrected chi connectivity index (χ3v) is 10.1. The lowest BCUT2D eigenvalue weighted by Gasteiger charge is -2.37. The molecule has 0 saturated heterocycles. The van der Waals surface area contributed by atoms with Gasteiger partial charge in [-0.1, -0.05) is 0 Å². The van der Waals surface area contributed by atoms with Crippen molar-refractivity contribution in [1.82, 2.24) is 0 Å². The Morgan fingerprint density at radius 1 is 0.278 bits per heavy atom. The summed E-state index contributed by atoms with van der Waals surface area (Å²) >= 11 is 0. The summed E-state index contributed by atoms with van der Waals surface area (Å²) in [7, 11) is 21.2. The van der Waals surface area contributed by atoms with Crippen molar-refractivity contribution in [3.05, 3.63) is 46.5 Å². The maximum absolute atomic E-state index is 11.5. The number of hydrogen-bond donors (Lipinski definition) is 16. The van der Waals surface area contributed by atoms with Crippen LogP contribution in [0, 0.1) is 0 Å². The molecule has 16 nitrogen and oxygen atoms in total. The van der Waals surface area contributed by atoms with Gasteiger partial charge < -0.3 is 84.2 Å². The zero-order valence-corrected chi connectivity index (χ0v) is 33.3. The lowest BCUT2D eigenvalue weighted by molar-refractivity contribution is 0.478. The van der Waals surface area contributed by atoms with E-state index in [1.54, 1.807) is 84.6 Å². The first-order chi connectivity index (χ1) is 26.0. The van der Waals surface area contributed by atoms with Crippen LogP contribution >= 0.6 is 0 Å². The molecule has 0 bridgehead atoms. The summed E-state index contributed by atoms with van der Waals surface area (Å²) in [6.07, 6.45) is 0. The van der Waals surface area contributed by atoms with Gasteiger partial charge in [0.25, 0.3) is 0 Å². The Kier molecular flexibility index (Phi) is 12.7. The van der Waals surface area contributed by atoms with Crippen molar-refractivity contribution >= 4 is 68.2 Å². The SMILES string of the molecule is CNc1cc(C(c2cc(NC)c(O)c(NC)c2NC)C(c2cc(NC)c(O)c(NC)c2NC)c2cc(NC)c(O)c(NC)c2NC)c(NC)c(NC)c1O. The first-order valence-electron chi connectivity index (χ1n) is 17.7. The highest BCUT2D eigenvalue weighted by Gasteiger charge is 2.39. The summed E-state index contributed by atoms with van der Waals surface area (Å²) in [5.74, 6) is -1.21. The first-order valence-corrected chi connectivity index (χ1v) is 17.7. The number of rotatable bonds is 17. The molecule has 0 atom stereocenters. The molecule has 0 unspecified atom stereocenters. The Morgan fingerprint density at radius 2 is 0.444 bits per heavy atom.